The summed E-state index contributed by atoms with van der Waals surface area (Å²) in [4.78, 5) is 13.1. The van der Waals surface area contributed by atoms with Crippen LogP contribution in [0.5, 0.6) is 0 Å². The third-order valence-electron chi connectivity index (χ3n) is 5.07. The first-order valence-corrected chi connectivity index (χ1v) is 10.4. The van der Waals surface area contributed by atoms with Gasteiger partial charge in [-0.2, -0.15) is 6.20 Å². The number of hydrogen-bond acceptors (Lipinski definition) is 2. The Morgan fingerprint density at radius 1 is 0.812 bits per heavy atom. The van der Waals surface area contributed by atoms with Crippen molar-refractivity contribution in [3.05, 3.63) is 109 Å². The molecule has 0 fully saturated rings. The van der Waals surface area contributed by atoms with Crippen molar-refractivity contribution in [1.82, 2.24) is 15.0 Å². The van der Waals surface area contributed by atoms with Crippen LogP contribution in [0.15, 0.2) is 97.5 Å². The van der Waals surface area contributed by atoms with Gasteiger partial charge in [-0.1, -0.05) is 62.7 Å². The molecule has 32 heavy (non-hydrogen) atoms. The first-order valence-electron chi connectivity index (χ1n) is 10.4. The third kappa shape index (κ3) is 5.59. The fraction of sp³-hybridized carbons (Fsp3) is 0.143. The largest absolute Gasteiger partial charge is 0.662 e. The molecular weight excluding hydrogens is 571 g/mol. The van der Waals surface area contributed by atoms with Crippen molar-refractivity contribution in [2.45, 2.75) is 26.2 Å². The second-order valence-electron chi connectivity index (χ2n) is 8.37. The molecule has 0 unspecified atom stereocenters. The predicted molar refractivity (Wildman–Crippen MR) is 128 cm³/mol. The number of nitrogens with zero attached hydrogens (tertiary/aromatic N) is 3. The van der Waals surface area contributed by atoms with Gasteiger partial charge in [-0.3, -0.25) is 4.98 Å². The van der Waals surface area contributed by atoms with Crippen LogP contribution < -0.4 is 4.98 Å². The molecule has 3 aromatic heterocycles. The zero-order chi connectivity index (χ0) is 21.7. The van der Waals surface area contributed by atoms with Gasteiger partial charge in [0.15, 0.2) is 0 Å². The second kappa shape index (κ2) is 10.5. The Kier molecular flexibility index (Phi) is 7.74. The zero-order valence-corrected chi connectivity index (χ0v) is 20.8. The first kappa shape index (κ1) is 23.6. The molecule has 0 saturated carbocycles. The quantitative estimate of drug-likeness (QED) is 0.213. The molecular formula is C28H25IrN3-2. The maximum Gasteiger partial charge on any atom is 0.0483 e. The first-order chi connectivity index (χ1) is 15.0. The van der Waals surface area contributed by atoms with Crippen LogP contribution in [-0.2, 0) is 25.5 Å². The molecule has 163 valence electrons. The molecule has 1 radical (unpaired) electrons. The number of pyridine rings is 2. The number of hydrogen-bond donors (Lipinski definition) is 0. The summed E-state index contributed by atoms with van der Waals surface area (Å²) in [6.07, 6.45) is 5.57. The molecule has 0 aliphatic heterocycles. The van der Waals surface area contributed by atoms with E-state index in [-0.39, 0.29) is 25.5 Å². The average molecular weight is 596 g/mol. The molecule has 4 heteroatoms. The second-order valence-corrected chi connectivity index (χ2v) is 8.37. The molecule has 5 aromatic rings. The Morgan fingerprint density at radius 3 is 2.28 bits per heavy atom. The Bertz CT molecular complexity index is 1250. The van der Waals surface area contributed by atoms with E-state index in [4.69, 9.17) is 0 Å². The van der Waals surface area contributed by atoms with Gasteiger partial charge in [0.2, 0.25) is 0 Å². The number of benzene rings is 2. The van der Waals surface area contributed by atoms with Crippen molar-refractivity contribution in [2.75, 3.05) is 0 Å². The minimum Gasteiger partial charge on any atom is -0.662 e. The molecule has 2 aromatic carbocycles. The molecule has 0 spiro atoms. The van der Waals surface area contributed by atoms with E-state index in [9.17, 15) is 0 Å². The van der Waals surface area contributed by atoms with E-state index in [2.05, 4.69) is 60.0 Å². The number of rotatable bonds is 2. The average Bonchev–Trinajstić information content (AvgIpc) is 3.32. The summed E-state index contributed by atoms with van der Waals surface area (Å²) in [7, 11) is 0. The third-order valence-corrected chi connectivity index (χ3v) is 5.07. The zero-order valence-electron chi connectivity index (χ0n) is 18.4. The molecule has 0 aliphatic rings. The van der Waals surface area contributed by atoms with Gasteiger partial charge in [0, 0.05) is 38.2 Å². The summed E-state index contributed by atoms with van der Waals surface area (Å²) in [6, 6.07) is 29.4. The van der Waals surface area contributed by atoms with Crippen LogP contribution in [0, 0.1) is 6.07 Å². The molecule has 0 aliphatic carbocycles. The Hall–Kier alpha value is -3.07. The van der Waals surface area contributed by atoms with Crippen LogP contribution in [0.25, 0.3) is 33.4 Å². The summed E-state index contributed by atoms with van der Waals surface area (Å²) < 4.78 is 0. The predicted octanol–water partition coefficient (Wildman–Crippen LogP) is 6.70. The van der Waals surface area contributed by atoms with E-state index in [0.717, 1.165) is 22.6 Å². The van der Waals surface area contributed by atoms with Crippen molar-refractivity contribution >= 4 is 10.8 Å². The van der Waals surface area contributed by atoms with Gasteiger partial charge in [-0.25, -0.2) is 0 Å². The topological polar surface area (TPSA) is 39.9 Å². The number of fused-ring (bicyclic) bond motifs is 1. The molecule has 0 saturated heterocycles. The van der Waals surface area contributed by atoms with Crippen LogP contribution in [0.1, 0.15) is 26.3 Å². The van der Waals surface area contributed by atoms with Gasteiger partial charge in [-0.05, 0) is 40.1 Å². The van der Waals surface area contributed by atoms with Gasteiger partial charge < -0.3 is 9.97 Å². The molecule has 0 N–H and O–H groups in total. The Labute approximate surface area is 203 Å². The van der Waals surface area contributed by atoms with Gasteiger partial charge in [0.25, 0.3) is 0 Å². The normalized spacial score (nSPS) is 10.7. The Morgan fingerprint density at radius 2 is 1.59 bits per heavy atom. The fourth-order valence-corrected chi connectivity index (χ4v) is 3.30. The Balaban J connectivity index is 0.000000176. The van der Waals surface area contributed by atoms with Crippen molar-refractivity contribution in [2.24, 2.45) is 0 Å². The van der Waals surface area contributed by atoms with Crippen molar-refractivity contribution in [3.8, 4) is 22.6 Å². The minimum atomic E-state index is 0. The van der Waals surface area contributed by atoms with E-state index in [1.807, 2.05) is 73.1 Å². The molecule has 3 heterocycles. The SMILES string of the molecule is CC(C)(C)c1c[n-]c(-c2ccccn2)c1.[Ir].[c-]1ccccc1-c1nccc2ccccc12. The molecule has 0 atom stereocenters. The van der Waals surface area contributed by atoms with Gasteiger partial charge >= 0.3 is 0 Å². The molecule has 0 amide bonds. The van der Waals surface area contributed by atoms with E-state index < -0.39 is 0 Å². The van der Waals surface area contributed by atoms with E-state index in [0.29, 0.717) is 0 Å². The minimum absolute atomic E-state index is 0. The van der Waals surface area contributed by atoms with Crippen molar-refractivity contribution < 1.29 is 20.1 Å². The summed E-state index contributed by atoms with van der Waals surface area (Å²) in [5, 5.41) is 2.39. The molecule has 3 nitrogen and oxygen atoms in total. The van der Waals surface area contributed by atoms with E-state index in [1.165, 1.54) is 16.3 Å². The monoisotopic (exact) mass is 596 g/mol. The molecule has 5 rings (SSSR count). The van der Waals surface area contributed by atoms with Crippen LogP contribution in [0.2, 0.25) is 0 Å². The summed E-state index contributed by atoms with van der Waals surface area (Å²) in [5.41, 5.74) is 5.34. The standard InChI is InChI=1S/C15H10N.C13H15N2.Ir/c1-2-7-13(8-3-1)15-14-9-5-4-6-12(14)10-11-16-15;1-13(2,3)10-8-12(15-9-10)11-6-4-5-7-14-11;/h1-7,9-11H;4-9H,1-3H3;/q2*-1;. The summed E-state index contributed by atoms with van der Waals surface area (Å²) >= 11 is 0. The number of aromatic nitrogens is 3. The van der Waals surface area contributed by atoms with Crippen LogP contribution in [0.3, 0.4) is 0 Å². The summed E-state index contributed by atoms with van der Waals surface area (Å²) in [5.74, 6) is 0. The molecule has 0 bridgehead atoms. The van der Waals surface area contributed by atoms with E-state index >= 15 is 0 Å². The maximum absolute atomic E-state index is 4.45. The van der Waals surface area contributed by atoms with Gasteiger partial charge in [0.05, 0.1) is 0 Å². The fourth-order valence-electron chi connectivity index (χ4n) is 3.30. The van der Waals surface area contributed by atoms with Crippen molar-refractivity contribution in [1.29, 1.82) is 0 Å². The summed E-state index contributed by atoms with van der Waals surface area (Å²) in [6.45, 7) is 6.56. The van der Waals surface area contributed by atoms with Crippen molar-refractivity contribution in [3.63, 3.8) is 0 Å². The van der Waals surface area contributed by atoms with Crippen LogP contribution in [0.4, 0.5) is 0 Å². The maximum atomic E-state index is 4.45. The van der Waals surface area contributed by atoms with Gasteiger partial charge in [-0.15, -0.1) is 41.6 Å². The van der Waals surface area contributed by atoms with E-state index in [1.54, 1.807) is 6.20 Å². The van der Waals surface area contributed by atoms with Crippen LogP contribution in [-0.4, -0.2) is 9.97 Å². The smallest absolute Gasteiger partial charge is 0.0483 e. The van der Waals surface area contributed by atoms with Gasteiger partial charge in [0.1, 0.15) is 0 Å². The van der Waals surface area contributed by atoms with Crippen LogP contribution >= 0.6 is 0 Å².